The van der Waals surface area contributed by atoms with Crippen molar-refractivity contribution in [3.63, 3.8) is 0 Å². The van der Waals surface area contributed by atoms with Gasteiger partial charge in [-0.1, -0.05) is 12.8 Å². The predicted molar refractivity (Wildman–Crippen MR) is 117 cm³/mol. The molecule has 1 N–H and O–H groups in total. The van der Waals surface area contributed by atoms with Crippen LogP contribution in [0.3, 0.4) is 0 Å². The third-order valence-electron chi connectivity index (χ3n) is 5.47. The number of aromatic nitrogens is 2. The van der Waals surface area contributed by atoms with Crippen molar-refractivity contribution in [2.45, 2.75) is 38.6 Å². The van der Waals surface area contributed by atoms with Gasteiger partial charge in [0.1, 0.15) is 5.82 Å². The molecule has 6 nitrogen and oxygen atoms in total. The van der Waals surface area contributed by atoms with E-state index in [1.54, 1.807) is 18.2 Å². The van der Waals surface area contributed by atoms with E-state index in [4.69, 9.17) is 4.98 Å². The molecule has 3 aromatic rings. The lowest BCUT2D eigenvalue weighted by Crippen LogP contribution is -2.26. The minimum atomic E-state index is -0.210. The average Bonchev–Trinajstić information content (AvgIpc) is 2.69. The van der Waals surface area contributed by atoms with E-state index in [1.165, 1.54) is 6.42 Å². The number of hydrogen-bond acceptors (Lipinski definition) is 4. The van der Waals surface area contributed by atoms with Crippen LogP contribution in [0.1, 0.15) is 41.9 Å². The van der Waals surface area contributed by atoms with Gasteiger partial charge in [0.2, 0.25) is 0 Å². The number of fused-ring (bicyclic) bond motifs is 2. The first-order chi connectivity index (χ1) is 14.0. The molecular weight excluding hydrogens is 364 g/mol. The minimum absolute atomic E-state index is 0.00173. The fourth-order valence-electron chi connectivity index (χ4n) is 3.78. The van der Waals surface area contributed by atoms with Gasteiger partial charge in [0.25, 0.3) is 11.5 Å². The largest absolute Gasteiger partial charge is 0.378 e. The van der Waals surface area contributed by atoms with E-state index in [1.807, 2.05) is 47.8 Å². The molecule has 0 fully saturated rings. The molecule has 0 bridgehead atoms. The van der Waals surface area contributed by atoms with E-state index in [9.17, 15) is 9.59 Å². The van der Waals surface area contributed by atoms with Crippen molar-refractivity contribution >= 4 is 28.2 Å². The van der Waals surface area contributed by atoms with Crippen LogP contribution in [0.5, 0.6) is 0 Å². The molecule has 0 atom stereocenters. The van der Waals surface area contributed by atoms with Gasteiger partial charge < -0.3 is 10.2 Å². The monoisotopic (exact) mass is 390 g/mol. The van der Waals surface area contributed by atoms with Gasteiger partial charge in [0, 0.05) is 44.0 Å². The summed E-state index contributed by atoms with van der Waals surface area (Å²) in [4.78, 5) is 32.4. The molecule has 2 heterocycles. The summed E-state index contributed by atoms with van der Waals surface area (Å²) < 4.78 is 1.81. The second-order valence-corrected chi connectivity index (χ2v) is 7.78. The molecule has 1 aliphatic rings. The molecule has 0 saturated carbocycles. The molecule has 0 saturated heterocycles. The lowest BCUT2D eigenvalue weighted by Gasteiger charge is -2.16. The van der Waals surface area contributed by atoms with Gasteiger partial charge in [0.15, 0.2) is 0 Å². The van der Waals surface area contributed by atoms with Crippen molar-refractivity contribution in [1.82, 2.24) is 9.55 Å². The van der Waals surface area contributed by atoms with Crippen molar-refractivity contribution in [3.05, 3.63) is 64.2 Å². The summed E-state index contributed by atoms with van der Waals surface area (Å²) in [6.45, 7) is 0.724. The maximum atomic E-state index is 12.9. The van der Waals surface area contributed by atoms with Crippen molar-refractivity contribution in [2.75, 3.05) is 24.3 Å². The SMILES string of the molecule is CN(C)c1ccc(NC(=O)c2ccc3c(=O)n4c(nc3c2)CCCCCC4)cc1. The first-order valence-corrected chi connectivity index (χ1v) is 10.1. The molecule has 4 rings (SSSR count). The number of hydrogen-bond donors (Lipinski definition) is 1. The number of amides is 1. The number of carbonyl (C=O) groups is 1. The lowest BCUT2D eigenvalue weighted by molar-refractivity contribution is 0.102. The van der Waals surface area contributed by atoms with Crippen LogP contribution in [0.15, 0.2) is 47.3 Å². The highest BCUT2D eigenvalue weighted by Gasteiger charge is 2.15. The molecule has 6 heteroatoms. The van der Waals surface area contributed by atoms with Crippen LogP contribution in [0.25, 0.3) is 10.9 Å². The predicted octanol–water partition coefficient (Wildman–Crippen LogP) is 3.83. The summed E-state index contributed by atoms with van der Waals surface area (Å²) in [5.41, 5.74) is 2.88. The summed E-state index contributed by atoms with van der Waals surface area (Å²) in [6.07, 6.45) is 5.18. The standard InChI is InChI=1S/C23H26N4O2/c1-26(2)18-11-9-17(10-12-18)24-22(28)16-8-13-19-20(15-16)25-21-7-5-3-4-6-14-27(21)23(19)29/h8-13,15H,3-7,14H2,1-2H3,(H,24,28). The van der Waals surface area contributed by atoms with Crippen LogP contribution >= 0.6 is 0 Å². The number of benzene rings is 2. The Kier molecular flexibility index (Phi) is 5.34. The van der Waals surface area contributed by atoms with Gasteiger partial charge in [-0.25, -0.2) is 4.98 Å². The fraction of sp³-hybridized carbons (Fsp3) is 0.348. The zero-order chi connectivity index (χ0) is 20.4. The van der Waals surface area contributed by atoms with E-state index < -0.39 is 0 Å². The van der Waals surface area contributed by atoms with Crippen LogP contribution in [0.2, 0.25) is 0 Å². The smallest absolute Gasteiger partial charge is 0.261 e. The minimum Gasteiger partial charge on any atom is -0.378 e. The van der Waals surface area contributed by atoms with Crippen molar-refractivity contribution in [1.29, 1.82) is 0 Å². The van der Waals surface area contributed by atoms with Gasteiger partial charge in [-0.2, -0.15) is 0 Å². The molecule has 1 amide bonds. The number of anilines is 2. The van der Waals surface area contributed by atoms with Crippen LogP contribution in [-0.2, 0) is 13.0 Å². The Morgan fingerprint density at radius 3 is 2.55 bits per heavy atom. The Morgan fingerprint density at radius 2 is 1.79 bits per heavy atom. The molecule has 2 aromatic carbocycles. The summed E-state index contributed by atoms with van der Waals surface area (Å²) in [6, 6.07) is 12.8. The third kappa shape index (κ3) is 4.01. The number of nitrogens with zero attached hydrogens (tertiary/aromatic N) is 3. The van der Waals surface area contributed by atoms with Gasteiger partial charge in [0.05, 0.1) is 10.9 Å². The Bertz CT molecular complexity index is 1100. The topological polar surface area (TPSA) is 67.2 Å². The van der Waals surface area contributed by atoms with E-state index in [0.29, 0.717) is 16.5 Å². The second-order valence-electron chi connectivity index (χ2n) is 7.78. The van der Waals surface area contributed by atoms with E-state index in [2.05, 4.69) is 5.32 Å². The maximum Gasteiger partial charge on any atom is 0.261 e. The maximum absolute atomic E-state index is 12.9. The highest BCUT2D eigenvalue weighted by molar-refractivity contribution is 6.06. The van der Waals surface area contributed by atoms with Crippen molar-refractivity contribution in [2.24, 2.45) is 0 Å². The molecule has 0 aliphatic carbocycles. The number of nitrogens with one attached hydrogen (secondary N) is 1. The van der Waals surface area contributed by atoms with Crippen LogP contribution < -0.4 is 15.8 Å². The van der Waals surface area contributed by atoms with E-state index in [-0.39, 0.29) is 11.5 Å². The Labute approximate surface area is 170 Å². The number of carbonyl (C=O) groups excluding carboxylic acids is 1. The second kappa shape index (κ2) is 8.07. The molecule has 0 radical (unpaired) electrons. The van der Waals surface area contributed by atoms with Crippen molar-refractivity contribution < 1.29 is 4.79 Å². The normalized spacial score (nSPS) is 14.0. The highest BCUT2D eigenvalue weighted by Crippen LogP contribution is 2.19. The number of rotatable bonds is 3. The molecule has 1 aromatic heterocycles. The third-order valence-corrected chi connectivity index (χ3v) is 5.47. The zero-order valence-electron chi connectivity index (χ0n) is 16.9. The molecule has 150 valence electrons. The molecule has 29 heavy (non-hydrogen) atoms. The molecular formula is C23H26N4O2. The quantitative estimate of drug-likeness (QED) is 0.738. The average molecular weight is 390 g/mol. The van der Waals surface area contributed by atoms with Crippen molar-refractivity contribution in [3.8, 4) is 0 Å². The van der Waals surface area contributed by atoms with Crippen LogP contribution in [-0.4, -0.2) is 29.6 Å². The van der Waals surface area contributed by atoms with Gasteiger partial charge in [-0.15, -0.1) is 0 Å². The van der Waals surface area contributed by atoms with Gasteiger partial charge >= 0.3 is 0 Å². The van der Waals surface area contributed by atoms with Crippen LogP contribution in [0.4, 0.5) is 11.4 Å². The lowest BCUT2D eigenvalue weighted by atomic mass is 10.1. The first kappa shape index (κ1) is 19.2. The summed E-state index contributed by atoms with van der Waals surface area (Å²) >= 11 is 0. The Balaban J connectivity index is 1.63. The molecule has 0 unspecified atom stereocenters. The summed E-state index contributed by atoms with van der Waals surface area (Å²) in [5, 5.41) is 3.49. The summed E-state index contributed by atoms with van der Waals surface area (Å²) in [7, 11) is 3.95. The van der Waals surface area contributed by atoms with E-state index in [0.717, 1.165) is 49.4 Å². The van der Waals surface area contributed by atoms with E-state index >= 15 is 0 Å². The summed E-state index contributed by atoms with van der Waals surface area (Å²) in [5.74, 6) is 0.622. The van der Waals surface area contributed by atoms with Gasteiger partial charge in [-0.3, -0.25) is 14.2 Å². The Hall–Kier alpha value is -3.15. The zero-order valence-corrected chi connectivity index (χ0v) is 16.9. The molecule has 1 aliphatic heterocycles. The number of aryl methyl sites for hydroxylation is 1. The highest BCUT2D eigenvalue weighted by atomic mass is 16.1. The molecule has 0 spiro atoms. The fourth-order valence-corrected chi connectivity index (χ4v) is 3.78. The first-order valence-electron chi connectivity index (χ1n) is 10.1. The van der Waals surface area contributed by atoms with Gasteiger partial charge in [-0.05, 0) is 55.3 Å². The van der Waals surface area contributed by atoms with Crippen LogP contribution in [0, 0.1) is 0 Å². The Morgan fingerprint density at radius 1 is 1.03 bits per heavy atom.